The maximum atomic E-state index is 12.9. The van der Waals surface area contributed by atoms with Crippen LogP contribution in [0, 0.1) is 0 Å². The molecule has 7 rings (SSSR count). The molecule has 0 fully saturated rings. The van der Waals surface area contributed by atoms with E-state index in [9.17, 15) is 4.79 Å². The molecule has 266 valence electrons. The van der Waals surface area contributed by atoms with Gasteiger partial charge in [-0.2, -0.15) is 5.10 Å². The molecule has 7 aromatic rings. The Balaban J connectivity index is 1.29. The number of anilines is 1. The maximum absolute atomic E-state index is 12.9. The number of carbonyl (C=O) groups is 1. The number of benzene rings is 5. The van der Waals surface area contributed by atoms with Crippen molar-refractivity contribution < 1.29 is 9.53 Å². The number of hydrogen-bond acceptors (Lipinski definition) is 7. The first-order chi connectivity index (χ1) is 26.1. The molecule has 0 N–H and O–H groups in total. The van der Waals surface area contributed by atoms with E-state index in [0.717, 1.165) is 51.9 Å². The van der Waals surface area contributed by atoms with Crippen LogP contribution in [0.4, 0.5) is 5.82 Å². The second kappa shape index (κ2) is 15.9. The summed E-state index contributed by atoms with van der Waals surface area (Å²) < 4.78 is 9.14. The zero-order valence-corrected chi connectivity index (χ0v) is 30.3. The van der Waals surface area contributed by atoms with Crippen LogP contribution in [-0.2, 0) is 23.4 Å². The first-order valence-electron chi connectivity index (χ1n) is 18.2. The van der Waals surface area contributed by atoms with Crippen molar-refractivity contribution in [3.63, 3.8) is 0 Å². The molecule has 0 atom stereocenters. The van der Waals surface area contributed by atoms with Crippen molar-refractivity contribution in [3.05, 3.63) is 174 Å². The van der Waals surface area contributed by atoms with Crippen LogP contribution < -0.4 is 4.90 Å². The Hall–Kier alpha value is -6.35. The van der Waals surface area contributed by atoms with Gasteiger partial charge in [0.1, 0.15) is 11.1 Å². The molecule has 0 aliphatic carbocycles. The summed E-state index contributed by atoms with van der Waals surface area (Å²) in [4.78, 5) is 15.1. The summed E-state index contributed by atoms with van der Waals surface area (Å²) in [5, 5.41) is 18.6. The number of aromatic nitrogens is 6. The Morgan fingerprint density at radius 2 is 1.28 bits per heavy atom. The largest absolute Gasteiger partial charge is 0.462 e. The second-order valence-electron chi connectivity index (χ2n) is 12.8. The minimum absolute atomic E-state index is 0.310. The summed E-state index contributed by atoms with van der Waals surface area (Å²) in [6, 6.07) is 48.1. The van der Waals surface area contributed by atoms with E-state index in [1.807, 2.05) is 48.9 Å². The Bertz CT molecular complexity index is 2150. The van der Waals surface area contributed by atoms with Crippen molar-refractivity contribution in [3.8, 4) is 22.5 Å². The lowest BCUT2D eigenvalue weighted by molar-refractivity contribution is 0.0527. The molecule has 0 spiro atoms. The van der Waals surface area contributed by atoms with E-state index >= 15 is 0 Å². The van der Waals surface area contributed by atoms with E-state index in [-0.39, 0.29) is 5.97 Å². The minimum Gasteiger partial charge on any atom is -0.462 e. The highest BCUT2D eigenvalue weighted by Crippen LogP contribution is 2.43. The zero-order chi connectivity index (χ0) is 36.6. The van der Waals surface area contributed by atoms with E-state index < -0.39 is 5.54 Å². The number of rotatable bonds is 14. The minimum atomic E-state index is -0.866. The summed E-state index contributed by atoms with van der Waals surface area (Å²) in [5.41, 5.74) is 6.80. The molecule has 9 heteroatoms. The SMILES string of the molecule is CCCN(Cc1ccc(-c2ccccc2-c2nnnn2C(c2ccccc2)(c2ccccc2)c2ccccc2)cc1)c1nn(CC)cc1C(=O)OCC. The highest BCUT2D eigenvalue weighted by molar-refractivity contribution is 5.94. The van der Waals surface area contributed by atoms with Crippen LogP contribution in [0.25, 0.3) is 22.5 Å². The summed E-state index contributed by atoms with van der Waals surface area (Å²) in [7, 11) is 0. The molecule has 0 saturated heterocycles. The van der Waals surface area contributed by atoms with E-state index in [1.54, 1.807) is 10.9 Å². The standard InChI is InChI=1S/C44H43N7O2/c1-4-30-49(42-40(43(52)53-6-3)32-50(5-2)46-42)31-33-26-28-34(29-27-33)38-24-16-17-25-39(38)41-45-47-48-51(41)44(35-18-10-7-11-19-35,36-20-12-8-13-21-36)37-22-14-9-15-23-37/h7-29,32H,4-6,30-31H2,1-3H3. The monoisotopic (exact) mass is 701 g/mol. The van der Waals surface area contributed by atoms with Crippen molar-refractivity contribution in [2.24, 2.45) is 0 Å². The van der Waals surface area contributed by atoms with Gasteiger partial charge < -0.3 is 9.64 Å². The van der Waals surface area contributed by atoms with E-state index in [2.05, 4.69) is 126 Å². The van der Waals surface area contributed by atoms with Gasteiger partial charge in [-0.15, -0.1) is 5.10 Å². The number of carbonyl (C=O) groups excluding carboxylic acids is 1. The number of tetrazole rings is 1. The number of hydrogen-bond donors (Lipinski definition) is 0. The molecular weight excluding hydrogens is 659 g/mol. The van der Waals surface area contributed by atoms with Gasteiger partial charge in [0.2, 0.25) is 0 Å². The molecule has 0 bridgehead atoms. The van der Waals surface area contributed by atoms with Gasteiger partial charge in [-0.05, 0) is 64.1 Å². The number of esters is 1. The highest BCUT2D eigenvalue weighted by atomic mass is 16.5. The molecule has 2 heterocycles. The van der Waals surface area contributed by atoms with Crippen LogP contribution in [0.15, 0.2) is 146 Å². The molecule has 0 aliphatic rings. The van der Waals surface area contributed by atoms with Gasteiger partial charge in [0.15, 0.2) is 11.6 Å². The lowest BCUT2D eigenvalue weighted by Crippen LogP contribution is -2.39. The molecule has 0 radical (unpaired) electrons. The molecule has 0 aliphatic heterocycles. The van der Waals surface area contributed by atoms with Crippen LogP contribution in [0.5, 0.6) is 0 Å². The molecular formula is C44H43N7O2. The van der Waals surface area contributed by atoms with Crippen molar-refractivity contribution in [1.29, 1.82) is 0 Å². The second-order valence-corrected chi connectivity index (χ2v) is 12.8. The maximum Gasteiger partial charge on any atom is 0.343 e. The highest BCUT2D eigenvalue weighted by Gasteiger charge is 2.42. The lowest BCUT2D eigenvalue weighted by atomic mass is 9.77. The van der Waals surface area contributed by atoms with Crippen molar-refractivity contribution in [2.75, 3.05) is 18.1 Å². The summed E-state index contributed by atoms with van der Waals surface area (Å²) in [6.07, 6.45) is 2.68. The molecule has 5 aromatic carbocycles. The summed E-state index contributed by atoms with van der Waals surface area (Å²) >= 11 is 0. The van der Waals surface area contributed by atoms with Crippen LogP contribution in [0.3, 0.4) is 0 Å². The Morgan fingerprint density at radius 1 is 0.717 bits per heavy atom. The predicted molar refractivity (Wildman–Crippen MR) is 208 cm³/mol. The number of nitrogens with zero attached hydrogens (tertiary/aromatic N) is 7. The Morgan fingerprint density at radius 3 is 1.83 bits per heavy atom. The third kappa shape index (κ3) is 6.85. The predicted octanol–water partition coefficient (Wildman–Crippen LogP) is 8.66. The fraction of sp³-hybridized carbons (Fsp3) is 0.205. The first kappa shape index (κ1) is 35.1. The summed E-state index contributed by atoms with van der Waals surface area (Å²) in [5.74, 6) is 0.939. The van der Waals surface area contributed by atoms with Gasteiger partial charge in [-0.3, -0.25) is 4.68 Å². The van der Waals surface area contributed by atoms with Gasteiger partial charge in [0.25, 0.3) is 0 Å². The van der Waals surface area contributed by atoms with Gasteiger partial charge in [0.05, 0.1) is 6.61 Å². The topological polar surface area (TPSA) is 91.0 Å². The smallest absolute Gasteiger partial charge is 0.343 e. The lowest BCUT2D eigenvalue weighted by Gasteiger charge is -2.36. The van der Waals surface area contributed by atoms with Crippen LogP contribution in [-0.4, -0.2) is 49.1 Å². The van der Waals surface area contributed by atoms with Gasteiger partial charge in [-0.1, -0.05) is 146 Å². The molecule has 0 saturated carbocycles. The fourth-order valence-corrected chi connectivity index (χ4v) is 7.12. The first-order valence-corrected chi connectivity index (χ1v) is 18.2. The van der Waals surface area contributed by atoms with Crippen LogP contribution >= 0.6 is 0 Å². The van der Waals surface area contributed by atoms with Crippen LogP contribution in [0.2, 0.25) is 0 Å². The van der Waals surface area contributed by atoms with Gasteiger partial charge >= 0.3 is 5.97 Å². The number of aryl methyl sites for hydroxylation is 1. The van der Waals surface area contributed by atoms with Crippen molar-refractivity contribution in [2.45, 2.75) is 45.8 Å². The zero-order valence-electron chi connectivity index (χ0n) is 30.3. The van der Waals surface area contributed by atoms with Crippen molar-refractivity contribution >= 4 is 11.8 Å². The van der Waals surface area contributed by atoms with Gasteiger partial charge in [-0.25, -0.2) is 9.48 Å². The third-order valence-electron chi connectivity index (χ3n) is 9.52. The Kier molecular flexibility index (Phi) is 10.5. The molecule has 9 nitrogen and oxygen atoms in total. The normalized spacial score (nSPS) is 11.4. The van der Waals surface area contributed by atoms with Crippen LogP contribution in [0.1, 0.15) is 59.8 Å². The van der Waals surface area contributed by atoms with Gasteiger partial charge in [0, 0.05) is 31.4 Å². The van der Waals surface area contributed by atoms with E-state index in [0.29, 0.717) is 36.9 Å². The van der Waals surface area contributed by atoms with Crippen molar-refractivity contribution in [1.82, 2.24) is 30.0 Å². The molecule has 2 aromatic heterocycles. The summed E-state index contributed by atoms with van der Waals surface area (Å²) in [6.45, 7) is 8.26. The van der Waals surface area contributed by atoms with E-state index in [4.69, 9.17) is 20.1 Å². The van der Waals surface area contributed by atoms with E-state index in [1.165, 1.54) is 0 Å². The fourth-order valence-electron chi connectivity index (χ4n) is 7.12. The third-order valence-corrected chi connectivity index (χ3v) is 9.52. The number of ether oxygens (including phenoxy) is 1. The average molecular weight is 702 g/mol. The average Bonchev–Trinajstić information content (AvgIpc) is 3.89. The molecule has 0 unspecified atom stereocenters. The molecule has 0 amide bonds. The quantitative estimate of drug-likeness (QED) is 0.0828. The molecule has 53 heavy (non-hydrogen) atoms. The Labute approximate surface area is 310 Å².